The summed E-state index contributed by atoms with van der Waals surface area (Å²) in [6, 6.07) is 15.0. The average molecular weight is 274 g/mol. The third-order valence-corrected chi connectivity index (χ3v) is 4.77. The first-order valence-electron chi connectivity index (χ1n) is 7.49. The Kier molecular flexibility index (Phi) is 2.58. The molecule has 0 amide bonds. The number of fused-ring (bicyclic) bond motifs is 5. The van der Waals surface area contributed by atoms with E-state index in [1.807, 2.05) is 6.07 Å². The molecule has 0 aliphatic heterocycles. The second-order valence-electron chi connectivity index (χ2n) is 6.06. The van der Waals surface area contributed by atoms with Gasteiger partial charge >= 0.3 is 0 Å². The van der Waals surface area contributed by atoms with Gasteiger partial charge in [-0.1, -0.05) is 36.4 Å². The maximum atomic E-state index is 10.4. The fraction of sp³-hybridized carbons (Fsp3) is 0.200. The highest BCUT2D eigenvalue weighted by Gasteiger charge is 2.21. The van der Waals surface area contributed by atoms with Crippen molar-refractivity contribution in [3.05, 3.63) is 64.7 Å². The van der Waals surface area contributed by atoms with Crippen molar-refractivity contribution < 1.29 is 5.11 Å². The highest BCUT2D eigenvalue weighted by molar-refractivity contribution is 6.01. The first-order valence-corrected chi connectivity index (χ1v) is 7.49. The number of hydrogen-bond acceptors (Lipinski definition) is 1. The summed E-state index contributed by atoms with van der Waals surface area (Å²) < 4.78 is 0. The molecule has 0 saturated heterocycles. The van der Waals surface area contributed by atoms with Crippen LogP contribution in [0.1, 0.15) is 22.3 Å². The topological polar surface area (TPSA) is 20.2 Å². The van der Waals surface area contributed by atoms with Crippen molar-refractivity contribution in [1.29, 1.82) is 0 Å². The third kappa shape index (κ3) is 1.77. The van der Waals surface area contributed by atoms with Crippen LogP contribution >= 0.6 is 0 Å². The molecular formula is C20H18O. The minimum Gasteiger partial charge on any atom is -0.508 e. The van der Waals surface area contributed by atoms with Crippen molar-refractivity contribution in [1.82, 2.24) is 0 Å². The molecule has 0 aromatic heterocycles. The van der Waals surface area contributed by atoms with Crippen LogP contribution in [0.15, 0.2) is 42.5 Å². The zero-order valence-corrected chi connectivity index (χ0v) is 12.4. The van der Waals surface area contributed by atoms with Gasteiger partial charge in [-0.25, -0.2) is 0 Å². The Bertz CT molecular complexity index is 875. The van der Waals surface area contributed by atoms with Gasteiger partial charge in [-0.2, -0.15) is 0 Å². The van der Waals surface area contributed by atoms with Gasteiger partial charge in [0, 0.05) is 5.56 Å². The Morgan fingerprint density at radius 1 is 0.905 bits per heavy atom. The molecule has 1 nitrogen and oxygen atoms in total. The molecule has 3 aromatic carbocycles. The smallest absolute Gasteiger partial charge is 0.120 e. The molecule has 1 heteroatoms. The van der Waals surface area contributed by atoms with Crippen LogP contribution in [-0.2, 0) is 12.8 Å². The monoisotopic (exact) mass is 274 g/mol. The summed E-state index contributed by atoms with van der Waals surface area (Å²) in [6.45, 7) is 4.28. The Balaban J connectivity index is 2.18. The maximum absolute atomic E-state index is 10.4. The van der Waals surface area contributed by atoms with Gasteiger partial charge in [0.1, 0.15) is 5.75 Å². The molecule has 1 aliphatic rings. The minimum absolute atomic E-state index is 0.440. The number of aromatic hydroxyl groups is 1. The fourth-order valence-electron chi connectivity index (χ4n) is 3.50. The van der Waals surface area contributed by atoms with Gasteiger partial charge < -0.3 is 5.11 Å². The summed E-state index contributed by atoms with van der Waals surface area (Å²) in [5.74, 6) is 0.440. The van der Waals surface area contributed by atoms with Crippen LogP contribution in [0.2, 0.25) is 0 Å². The lowest BCUT2D eigenvalue weighted by molar-refractivity contribution is 0.469. The second kappa shape index (κ2) is 4.36. The number of phenols is 1. The molecule has 4 rings (SSSR count). The van der Waals surface area contributed by atoms with Gasteiger partial charge in [0.05, 0.1) is 0 Å². The summed E-state index contributed by atoms with van der Waals surface area (Å²) in [4.78, 5) is 0. The van der Waals surface area contributed by atoms with Gasteiger partial charge in [0.25, 0.3) is 0 Å². The molecule has 0 heterocycles. The average Bonchev–Trinajstić information content (AvgIpc) is 2.49. The Labute approximate surface area is 124 Å². The second-order valence-corrected chi connectivity index (χ2v) is 6.06. The molecule has 104 valence electrons. The van der Waals surface area contributed by atoms with Crippen LogP contribution in [0.3, 0.4) is 0 Å². The predicted molar refractivity (Wildman–Crippen MR) is 87.9 cm³/mol. The van der Waals surface area contributed by atoms with Crippen molar-refractivity contribution in [2.24, 2.45) is 0 Å². The van der Waals surface area contributed by atoms with E-state index in [-0.39, 0.29) is 0 Å². The molecule has 21 heavy (non-hydrogen) atoms. The Morgan fingerprint density at radius 3 is 2.52 bits per heavy atom. The molecule has 0 radical (unpaired) electrons. The summed E-state index contributed by atoms with van der Waals surface area (Å²) in [7, 11) is 0. The van der Waals surface area contributed by atoms with E-state index in [1.54, 1.807) is 0 Å². The van der Waals surface area contributed by atoms with Crippen LogP contribution in [0, 0.1) is 13.8 Å². The Hall–Kier alpha value is -2.28. The molecular weight excluding hydrogens is 256 g/mol. The molecule has 0 fully saturated rings. The summed E-state index contributed by atoms with van der Waals surface area (Å²) in [5.41, 5.74) is 7.57. The molecule has 1 N–H and O–H groups in total. The zero-order valence-electron chi connectivity index (χ0n) is 12.4. The van der Waals surface area contributed by atoms with Crippen LogP contribution in [0.4, 0.5) is 0 Å². The fourth-order valence-corrected chi connectivity index (χ4v) is 3.50. The van der Waals surface area contributed by atoms with E-state index in [1.165, 1.54) is 33.2 Å². The normalized spacial score (nSPS) is 13.0. The quantitative estimate of drug-likeness (QED) is 0.616. The van der Waals surface area contributed by atoms with Gasteiger partial charge in [-0.15, -0.1) is 0 Å². The number of benzene rings is 3. The van der Waals surface area contributed by atoms with Crippen LogP contribution < -0.4 is 0 Å². The number of phenolic OH excluding ortho intramolecular Hbond substituents is 1. The number of rotatable bonds is 0. The first-order chi connectivity index (χ1) is 10.1. The van der Waals surface area contributed by atoms with E-state index in [4.69, 9.17) is 0 Å². The lowest BCUT2D eigenvalue weighted by atomic mass is 9.81. The third-order valence-electron chi connectivity index (χ3n) is 4.77. The lowest BCUT2D eigenvalue weighted by Crippen LogP contribution is -2.05. The molecule has 3 aromatic rings. The van der Waals surface area contributed by atoms with Crippen LogP contribution in [-0.4, -0.2) is 5.11 Å². The predicted octanol–water partition coefficient (Wildman–Crippen LogP) is 4.93. The lowest BCUT2D eigenvalue weighted by Gasteiger charge is -2.23. The van der Waals surface area contributed by atoms with Crippen molar-refractivity contribution in [3.63, 3.8) is 0 Å². The van der Waals surface area contributed by atoms with Crippen molar-refractivity contribution in [2.45, 2.75) is 26.7 Å². The van der Waals surface area contributed by atoms with E-state index >= 15 is 0 Å². The van der Waals surface area contributed by atoms with Gasteiger partial charge in [-0.3, -0.25) is 0 Å². The SMILES string of the molecule is Cc1cc2cc(O)c3c(c2cc1C)-c1ccccc1CC3. The van der Waals surface area contributed by atoms with Gasteiger partial charge in [0.15, 0.2) is 0 Å². The van der Waals surface area contributed by atoms with Gasteiger partial charge in [0.2, 0.25) is 0 Å². The first kappa shape index (κ1) is 12.5. The van der Waals surface area contributed by atoms with E-state index in [9.17, 15) is 5.11 Å². The standard InChI is InChI=1S/C20H18O/c1-12-9-15-11-19(21)17-8-7-14-5-3-4-6-16(14)20(17)18(15)10-13(12)2/h3-6,9-11,21H,7-8H2,1-2H3. The zero-order chi connectivity index (χ0) is 14.6. The number of hydrogen-bond donors (Lipinski definition) is 1. The largest absolute Gasteiger partial charge is 0.508 e. The van der Waals surface area contributed by atoms with E-state index in [2.05, 4.69) is 50.2 Å². The van der Waals surface area contributed by atoms with E-state index in [0.717, 1.165) is 23.8 Å². The molecule has 0 saturated carbocycles. The van der Waals surface area contributed by atoms with Crippen molar-refractivity contribution >= 4 is 10.8 Å². The molecule has 0 bridgehead atoms. The summed E-state index contributed by atoms with van der Waals surface area (Å²) in [6.07, 6.45) is 1.92. The van der Waals surface area contributed by atoms with E-state index in [0.29, 0.717) is 5.75 Å². The highest BCUT2D eigenvalue weighted by atomic mass is 16.3. The number of aryl methyl sites for hydroxylation is 3. The maximum Gasteiger partial charge on any atom is 0.120 e. The Morgan fingerprint density at radius 2 is 1.67 bits per heavy atom. The summed E-state index contributed by atoms with van der Waals surface area (Å²) >= 11 is 0. The minimum atomic E-state index is 0.440. The summed E-state index contributed by atoms with van der Waals surface area (Å²) in [5, 5.41) is 12.8. The molecule has 0 atom stereocenters. The van der Waals surface area contributed by atoms with Crippen LogP contribution in [0.5, 0.6) is 5.75 Å². The van der Waals surface area contributed by atoms with Crippen LogP contribution in [0.25, 0.3) is 21.9 Å². The molecule has 0 unspecified atom stereocenters. The highest BCUT2D eigenvalue weighted by Crippen LogP contribution is 2.43. The molecule has 0 spiro atoms. The van der Waals surface area contributed by atoms with Crippen molar-refractivity contribution in [2.75, 3.05) is 0 Å². The van der Waals surface area contributed by atoms with Crippen molar-refractivity contribution in [3.8, 4) is 16.9 Å². The van der Waals surface area contributed by atoms with Gasteiger partial charge in [-0.05, 0) is 71.3 Å². The van der Waals surface area contributed by atoms with E-state index < -0.39 is 0 Å². The molecule has 1 aliphatic carbocycles.